The molecule has 0 aliphatic carbocycles. The van der Waals surface area contributed by atoms with Crippen LogP contribution in [-0.2, 0) is 27.8 Å². The highest BCUT2D eigenvalue weighted by molar-refractivity contribution is 7.47. The lowest BCUT2D eigenvalue weighted by Crippen LogP contribution is -2.35. The molecule has 6 heterocycles. The van der Waals surface area contributed by atoms with Crippen LogP contribution in [-0.4, -0.2) is 104 Å². The summed E-state index contributed by atoms with van der Waals surface area (Å²) in [6.07, 6.45) is -9.00. The molecule has 4 aromatic heterocycles. The molecule has 0 aromatic carbocycles. The Kier molecular flexibility index (Phi) is 7.61. The summed E-state index contributed by atoms with van der Waals surface area (Å²) in [6, 6.07) is 0. The highest BCUT2D eigenvalue weighted by atomic mass is 31.2. The number of phosphoric acid groups is 1. The monoisotopic (exact) mass is 628 g/mol. The number of fused-ring (bicyclic) bond motifs is 2. The van der Waals surface area contributed by atoms with Gasteiger partial charge in [0, 0.05) is 6.61 Å². The van der Waals surface area contributed by atoms with Crippen LogP contribution in [0.5, 0.6) is 0 Å². The number of aromatic nitrogens is 8. The van der Waals surface area contributed by atoms with Crippen molar-refractivity contribution in [2.24, 2.45) is 0 Å². The average Bonchev–Trinajstić information content (AvgIpc) is 3.70. The molecule has 20 nitrogen and oxygen atoms in total. The molecule has 4 aromatic rings. The molecule has 0 amide bonds. The maximum atomic E-state index is 15.6. The van der Waals surface area contributed by atoms with Gasteiger partial charge in [-0.15, -0.1) is 0 Å². The molecule has 2 fully saturated rings. The number of halogens is 1. The molecule has 6 rings (SSSR count). The molecule has 22 heteroatoms. The zero-order valence-corrected chi connectivity index (χ0v) is 23.0. The molecule has 0 spiro atoms. The van der Waals surface area contributed by atoms with Gasteiger partial charge in [-0.05, 0) is 6.92 Å². The van der Waals surface area contributed by atoms with Gasteiger partial charge in [0.2, 0.25) is 5.95 Å². The number of alkyl halides is 1. The molecule has 0 saturated carbocycles. The van der Waals surface area contributed by atoms with Crippen molar-refractivity contribution in [3.8, 4) is 0 Å². The minimum absolute atomic E-state index is 0.0769. The highest BCUT2D eigenvalue weighted by Crippen LogP contribution is 2.50. The van der Waals surface area contributed by atoms with Crippen LogP contribution in [0.2, 0.25) is 0 Å². The van der Waals surface area contributed by atoms with Crippen molar-refractivity contribution >= 4 is 41.9 Å². The van der Waals surface area contributed by atoms with Crippen LogP contribution < -0.4 is 17.0 Å². The summed E-state index contributed by atoms with van der Waals surface area (Å²) < 4.78 is 58.0. The van der Waals surface area contributed by atoms with Crippen LogP contribution in [0.15, 0.2) is 23.8 Å². The number of anilines is 2. The molecular formula is C21H26FN10O10P. The zero-order chi connectivity index (χ0) is 30.6. The van der Waals surface area contributed by atoms with Crippen molar-refractivity contribution < 1.29 is 47.3 Å². The van der Waals surface area contributed by atoms with E-state index >= 15 is 4.39 Å². The summed E-state index contributed by atoms with van der Waals surface area (Å²) in [4.78, 5) is 44.9. The number of hydrogen-bond acceptors (Lipinski definition) is 16. The van der Waals surface area contributed by atoms with Gasteiger partial charge in [0.1, 0.15) is 36.3 Å². The van der Waals surface area contributed by atoms with E-state index in [1.807, 2.05) is 0 Å². The number of aliphatic hydroxyl groups excluding tert-OH is 2. The zero-order valence-electron chi connectivity index (χ0n) is 22.1. The Morgan fingerprint density at radius 3 is 2.53 bits per heavy atom. The number of rotatable bonds is 9. The number of aliphatic hydroxyl groups is 2. The van der Waals surface area contributed by atoms with Crippen molar-refractivity contribution in [1.29, 1.82) is 0 Å². The predicted octanol–water partition coefficient (Wildman–Crippen LogP) is -1.53. The fraction of sp³-hybridized carbons (Fsp3) is 0.524. The number of phosphoric ester groups is 1. The molecule has 232 valence electrons. The van der Waals surface area contributed by atoms with Crippen molar-refractivity contribution in [2.45, 2.75) is 56.3 Å². The number of nitrogens with two attached hydrogens (primary N) is 2. The summed E-state index contributed by atoms with van der Waals surface area (Å²) in [5.74, 6) is -0.190. The van der Waals surface area contributed by atoms with Gasteiger partial charge in [0.25, 0.3) is 5.56 Å². The fourth-order valence-electron chi connectivity index (χ4n) is 4.95. The van der Waals surface area contributed by atoms with E-state index in [1.54, 1.807) is 6.92 Å². The molecule has 2 saturated heterocycles. The molecule has 0 radical (unpaired) electrons. The lowest BCUT2D eigenvalue weighted by molar-refractivity contribution is -0.141. The highest BCUT2D eigenvalue weighted by Gasteiger charge is 2.51. The SMILES string of the molecule is CCOC1C(COP(=O)(O)OC2C(O)C(O)OC2n2cnc3c(=O)[nH]c(N)nc32)OC(n2cnc3c(N)ncnc32)C1F. The second-order valence-electron chi connectivity index (χ2n) is 9.53. The number of hydrogen-bond donors (Lipinski definition) is 6. The topological polar surface area (TPSA) is 283 Å². The Morgan fingerprint density at radius 2 is 1.79 bits per heavy atom. The lowest BCUT2D eigenvalue weighted by atomic mass is 10.1. The van der Waals surface area contributed by atoms with E-state index in [9.17, 15) is 24.5 Å². The third-order valence-electron chi connectivity index (χ3n) is 6.86. The summed E-state index contributed by atoms with van der Waals surface area (Å²) in [6.45, 7) is 1.01. The van der Waals surface area contributed by atoms with E-state index in [0.29, 0.717) is 0 Å². The molecule has 2 aliphatic rings. The standard InChI is InChI=1S/C21H26FN10O10P/c1-2-38-12-7(40-18(8(12)22)31-5-27-9-14(23)25-4-26-15(9)31)3-39-43(36,37)42-13-11(33)20(35)41-19(13)32-6-28-10-16(32)29-21(24)30-17(10)34/h4-8,11-13,18-20,33,35H,2-3H2,1H3,(H,36,37)(H2,23,25,26)(H3,24,29,30,34). The maximum Gasteiger partial charge on any atom is 0.472 e. The van der Waals surface area contributed by atoms with Gasteiger partial charge >= 0.3 is 7.82 Å². The van der Waals surface area contributed by atoms with Crippen molar-refractivity contribution in [3.63, 3.8) is 0 Å². The van der Waals surface area contributed by atoms with Gasteiger partial charge in [0.15, 0.2) is 47.5 Å². The molecule has 0 bridgehead atoms. The molecule has 9 unspecified atom stereocenters. The number of nitrogens with zero attached hydrogens (tertiary/aromatic N) is 7. The van der Waals surface area contributed by atoms with Crippen LogP contribution in [0.4, 0.5) is 16.2 Å². The normalized spacial score (nSPS) is 30.8. The minimum Gasteiger partial charge on any atom is -0.385 e. The smallest absolute Gasteiger partial charge is 0.385 e. The first-order valence-corrected chi connectivity index (χ1v) is 14.2. The summed E-state index contributed by atoms with van der Waals surface area (Å²) >= 11 is 0. The Labute approximate surface area is 239 Å². The van der Waals surface area contributed by atoms with E-state index in [1.165, 1.54) is 17.2 Å². The van der Waals surface area contributed by atoms with Gasteiger partial charge in [-0.25, -0.2) is 28.9 Å². The minimum atomic E-state index is -5.08. The predicted molar refractivity (Wildman–Crippen MR) is 139 cm³/mol. The van der Waals surface area contributed by atoms with Crippen molar-refractivity contribution in [3.05, 3.63) is 29.3 Å². The van der Waals surface area contributed by atoms with E-state index in [0.717, 1.165) is 10.9 Å². The third kappa shape index (κ3) is 5.24. The van der Waals surface area contributed by atoms with Crippen LogP contribution in [0.1, 0.15) is 19.4 Å². The molecule has 9 atom stereocenters. The van der Waals surface area contributed by atoms with Crippen LogP contribution in [0, 0.1) is 0 Å². The number of H-pyrrole nitrogens is 1. The van der Waals surface area contributed by atoms with E-state index in [2.05, 4.69) is 29.9 Å². The summed E-state index contributed by atoms with van der Waals surface area (Å²) in [5.41, 5.74) is 10.9. The Hall–Kier alpha value is -3.66. The van der Waals surface area contributed by atoms with Crippen LogP contribution in [0.3, 0.4) is 0 Å². The lowest BCUT2D eigenvalue weighted by Gasteiger charge is -2.25. The number of ether oxygens (including phenoxy) is 3. The number of imidazole rings is 2. The van der Waals surface area contributed by atoms with Gasteiger partial charge in [-0.2, -0.15) is 4.98 Å². The largest absolute Gasteiger partial charge is 0.472 e. The quantitative estimate of drug-likeness (QED) is 0.115. The van der Waals surface area contributed by atoms with Crippen LogP contribution in [0.25, 0.3) is 22.3 Å². The number of aromatic amines is 1. The Morgan fingerprint density at radius 1 is 1.07 bits per heavy atom. The second-order valence-corrected chi connectivity index (χ2v) is 10.9. The first kappa shape index (κ1) is 29.4. The number of nitrogens with one attached hydrogen (secondary N) is 1. The first-order valence-electron chi connectivity index (χ1n) is 12.7. The Balaban J connectivity index is 1.20. The maximum absolute atomic E-state index is 15.6. The average molecular weight is 628 g/mol. The third-order valence-corrected chi connectivity index (χ3v) is 7.84. The fourth-order valence-corrected chi connectivity index (χ4v) is 5.88. The molecular weight excluding hydrogens is 602 g/mol. The van der Waals surface area contributed by atoms with Gasteiger partial charge in [-0.1, -0.05) is 0 Å². The summed E-state index contributed by atoms with van der Waals surface area (Å²) in [5, 5.41) is 20.6. The van der Waals surface area contributed by atoms with Gasteiger partial charge in [0.05, 0.1) is 19.3 Å². The van der Waals surface area contributed by atoms with Gasteiger partial charge in [-0.3, -0.25) is 28.0 Å². The molecule has 2 aliphatic heterocycles. The van der Waals surface area contributed by atoms with E-state index < -0.39 is 69.3 Å². The molecule has 43 heavy (non-hydrogen) atoms. The van der Waals surface area contributed by atoms with Gasteiger partial charge < -0.3 is 40.8 Å². The molecule has 8 N–H and O–H groups in total. The first-order chi connectivity index (χ1) is 20.5. The van der Waals surface area contributed by atoms with Crippen LogP contribution >= 0.6 is 7.82 Å². The van der Waals surface area contributed by atoms with E-state index in [-0.39, 0.29) is 40.7 Å². The number of nitrogen functional groups attached to an aromatic ring is 2. The second kappa shape index (κ2) is 11.1. The van der Waals surface area contributed by atoms with Crippen molar-refractivity contribution in [2.75, 3.05) is 24.7 Å². The van der Waals surface area contributed by atoms with E-state index in [4.69, 9.17) is 34.7 Å². The summed E-state index contributed by atoms with van der Waals surface area (Å²) in [7, 11) is -5.08. The Bertz CT molecular complexity index is 1750. The van der Waals surface area contributed by atoms with Crippen molar-refractivity contribution in [1.82, 2.24) is 39.0 Å².